The largest absolute Gasteiger partial charge is 0.522 e. The third-order valence-corrected chi connectivity index (χ3v) is 2.12. The maximum Gasteiger partial charge on any atom is 0.522 e. The number of alkyl halides is 3. The van der Waals surface area contributed by atoms with Crippen LogP contribution in [0.3, 0.4) is 0 Å². The van der Waals surface area contributed by atoms with Crippen LogP contribution in [-0.2, 0) is 29.6 Å². The van der Waals surface area contributed by atoms with E-state index < -0.39 is 15.6 Å². The smallest absolute Gasteiger partial charge is 0.500 e. The molecule has 0 saturated heterocycles. The van der Waals surface area contributed by atoms with Gasteiger partial charge in [0, 0.05) is 19.5 Å². The molecule has 0 aromatic carbocycles. The van der Waals surface area contributed by atoms with Crippen LogP contribution in [0.5, 0.6) is 0 Å². The van der Waals surface area contributed by atoms with Crippen molar-refractivity contribution >= 4 is 10.1 Å². The van der Waals surface area contributed by atoms with Crippen LogP contribution >= 0.6 is 0 Å². The van der Waals surface area contributed by atoms with Crippen molar-refractivity contribution in [3.05, 3.63) is 24.3 Å². The molecule has 1 aliphatic rings. The first-order valence-corrected chi connectivity index (χ1v) is 5.93. The van der Waals surface area contributed by atoms with Crippen LogP contribution < -0.4 is 0 Å². The zero-order chi connectivity index (χ0) is 12.7. The van der Waals surface area contributed by atoms with Gasteiger partial charge in [-0.25, -0.2) is 0 Å². The second kappa shape index (κ2) is 8.83. The molecule has 1 rings (SSSR count). The van der Waals surface area contributed by atoms with E-state index >= 15 is 0 Å². The molecule has 0 unspecified atom stereocenters. The minimum absolute atomic E-state index is 0. The van der Waals surface area contributed by atoms with Crippen LogP contribution in [0.1, 0.15) is 25.7 Å². The van der Waals surface area contributed by atoms with Crippen LogP contribution in [-0.4, -0.2) is 18.5 Å². The maximum atomic E-state index is 10.7. The van der Waals surface area contributed by atoms with Crippen molar-refractivity contribution in [2.45, 2.75) is 31.2 Å². The van der Waals surface area contributed by atoms with Crippen LogP contribution in [0.15, 0.2) is 18.2 Å². The van der Waals surface area contributed by atoms with Crippen molar-refractivity contribution in [2.24, 2.45) is 0 Å². The zero-order valence-corrected chi connectivity index (χ0v) is 11.2. The second-order valence-electron chi connectivity index (χ2n) is 2.92. The van der Waals surface area contributed by atoms with Gasteiger partial charge < -0.3 is 6.08 Å². The summed E-state index contributed by atoms with van der Waals surface area (Å²) in [6, 6.07) is 0. The molecule has 0 heterocycles. The van der Waals surface area contributed by atoms with Gasteiger partial charge in [-0.05, 0) is 6.42 Å². The molecule has 0 amide bonds. The number of allylic oxidation sites excluding steroid dienone is 4. The molecule has 0 atom stereocenters. The third-order valence-electron chi connectivity index (χ3n) is 1.54. The maximum absolute atomic E-state index is 10.7. The van der Waals surface area contributed by atoms with E-state index in [1.807, 2.05) is 0 Å². The SMILES string of the molecule is O=S(=O)(O)C(F)(F)F.[C-]1=CCCC=CCC1.[Rh]. The molecule has 0 fully saturated rings. The predicted molar refractivity (Wildman–Crippen MR) is 53.0 cm³/mol. The Kier molecular flexibility index (Phi) is 9.95. The molecule has 1 aliphatic carbocycles. The van der Waals surface area contributed by atoms with Crippen molar-refractivity contribution in [1.29, 1.82) is 0 Å². The molecule has 0 bridgehead atoms. The minimum atomic E-state index is -5.84. The fourth-order valence-corrected chi connectivity index (χ4v) is 0.786. The van der Waals surface area contributed by atoms with E-state index in [1.165, 1.54) is 19.3 Å². The predicted octanol–water partition coefficient (Wildman–Crippen LogP) is 2.87. The fourth-order valence-electron chi connectivity index (χ4n) is 0.786. The van der Waals surface area contributed by atoms with Crippen molar-refractivity contribution in [3.8, 4) is 0 Å². The summed E-state index contributed by atoms with van der Waals surface area (Å²) in [6.45, 7) is 0. The average Bonchev–Trinajstić information content (AvgIpc) is 1.98. The Morgan fingerprint density at radius 2 is 1.59 bits per heavy atom. The number of rotatable bonds is 0. The van der Waals surface area contributed by atoms with Gasteiger partial charge >= 0.3 is 15.6 Å². The average molecular weight is 360 g/mol. The van der Waals surface area contributed by atoms with Gasteiger partial charge in [-0.2, -0.15) is 28.0 Å². The Morgan fingerprint density at radius 3 is 2.06 bits per heavy atom. The summed E-state index contributed by atoms with van der Waals surface area (Å²) in [5.41, 5.74) is -5.53. The molecule has 103 valence electrons. The van der Waals surface area contributed by atoms with Gasteiger partial charge in [0.2, 0.25) is 0 Å². The number of halogens is 3. The van der Waals surface area contributed by atoms with Gasteiger partial charge in [-0.1, -0.05) is 25.0 Å². The van der Waals surface area contributed by atoms with E-state index in [2.05, 4.69) is 24.3 Å². The topological polar surface area (TPSA) is 54.4 Å². The van der Waals surface area contributed by atoms with Crippen LogP contribution in [0, 0.1) is 6.08 Å². The van der Waals surface area contributed by atoms with E-state index in [1.54, 1.807) is 0 Å². The number of hydrogen-bond acceptors (Lipinski definition) is 2. The van der Waals surface area contributed by atoms with Gasteiger partial charge in [0.05, 0.1) is 0 Å². The molecule has 0 aromatic rings. The molecule has 1 radical (unpaired) electrons. The van der Waals surface area contributed by atoms with E-state index in [9.17, 15) is 13.2 Å². The molecular weight excluding hydrogens is 348 g/mol. The zero-order valence-electron chi connectivity index (χ0n) is 8.70. The van der Waals surface area contributed by atoms with Gasteiger partial charge in [0.1, 0.15) is 0 Å². The standard InChI is InChI=1S/C8H11.CHF3O3S.Rh/c1-2-4-6-8-7-5-3-1;2-1(3,4)8(5,6)7;/h1-2,7H,3-6H2;(H,5,6,7);/q-1;;. The van der Waals surface area contributed by atoms with E-state index in [-0.39, 0.29) is 19.5 Å². The molecule has 1 N–H and O–H groups in total. The quantitative estimate of drug-likeness (QED) is 0.238. The molecule has 0 aromatic heterocycles. The summed E-state index contributed by atoms with van der Waals surface area (Å²) in [4.78, 5) is 0. The molecule has 8 heteroatoms. The molecule has 0 aliphatic heterocycles. The summed E-state index contributed by atoms with van der Waals surface area (Å²) in [7, 11) is -5.84. The van der Waals surface area contributed by atoms with E-state index in [0.717, 1.165) is 6.42 Å². The molecule has 0 spiro atoms. The van der Waals surface area contributed by atoms with Gasteiger partial charge in [0.25, 0.3) is 0 Å². The number of hydrogen-bond donors (Lipinski definition) is 1. The molecular formula is C9H12F3O3RhS-. The Labute approximate surface area is 111 Å². The van der Waals surface area contributed by atoms with Gasteiger partial charge in [-0.3, -0.25) is 10.6 Å². The summed E-state index contributed by atoms with van der Waals surface area (Å²) in [5.74, 6) is 0. The van der Waals surface area contributed by atoms with Crippen molar-refractivity contribution in [1.82, 2.24) is 0 Å². The van der Waals surface area contributed by atoms with E-state index in [4.69, 9.17) is 13.0 Å². The van der Waals surface area contributed by atoms with Crippen molar-refractivity contribution in [3.63, 3.8) is 0 Å². The third kappa shape index (κ3) is 10.7. The molecule has 3 nitrogen and oxygen atoms in total. The second-order valence-corrected chi connectivity index (χ2v) is 4.33. The minimum Gasteiger partial charge on any atom is -0.500 e. The van der Waals surface area contributed by atoms with Crippen LogP contribution in [0.2, 0.25) is 0 Å². The first-order valence-electron chi connectivity index (χ1n) is 4.49. The fraction of sp³-hybridized carbons (Fsp3) is 0.556. The summed E-state index contributed by atoms with van der Waals surface area (Å²) >= 11 is 0. The van der Waals surface area contributed by atoms with Gasteiger partial charge in [0.15, 0.2) is 0 Å². The Balaban J connectivity index is 0. The Hall–Kier alpha value is -0.197. The molecule has 0 saturated carbocycles. The first kappa shape index (κ1) is 19.2. The van der Waals surface area contributed by atoms with Crippen LogP contribution in [0.4, 0.5) is 13.2 Å². The first-order chi connectivity index (χ1) is 7.25. The van der Waals surface area contributed by atoms with E-state index in [0.29, 0.717) is 0 Å². The van der Waals surface area contributed by atoms with Gasteiger partial charge in [-0.15, -0.1) is 0 Å². The summed E-state index contributed by atoms with van der Waals surface area (Å²) in [5, 5.41) is 0. The normalized spacial score (nSPS) is 16.0. The Morgan fingerprint density at radius 1 is 1.12 bits per heavy atom. The monoisotopic (exact) mass is 360 g/mol. The summed E-state index contributed by atoms with van der Waals surface area (Å²) < 4.78 is 57.5. The Bertz CT molecular complexity index is 321. The van der Waals surface area contributed by atoms with Crippen molar-refractivity contribution < 1.29 is 45.6 Å². The van der Waals surface area contributed by atoms with Crippen LogP contribution in [0.25, 0.3) is 0 Å². The summed E-state index contributed by atoms with van der Waals surface area (Å²) in [6.07, 6.45) is 14.5. The molecule has 17 heavy (non-hydrogen) atoms. The van der Waals surface area contributed by atoms with Crippen molar-refractivity contribution in [2.75, 3.05) is 0 Å².